The monoisotopic (exact) mass is 374 g/mol. The van der Waals surface area contributed by atoms with E-state index in [0.29, 0.717) is 29.4 Å². The van der Waals surface area contributed by atoms with Crippen LogP contribution in [0, 0.1) is 0 Å². The van der Waals surface area contributed by atoms with Gasteiger partial charge in [0.05, 0.1) is 19.8 Å². The first-order valence-corrected chi connectivity index (χ1v) is 9.02. The van der Waals surface area contributed by atoms with Crippen molar-refractivity contribution in [3.8, 4) is 11.5 Å². The normalized spacial score (nSPS) is 14.7. The number of carbonyl (C=O) groups is 1. The molecule has 0 aliphatic carbocycles. The Hall–Kier alpha value is -2.40. The van der Waals surface area contributed by atoms with Gasteiger partial charge in [0.2, 0.25) is 0 Å². The molecule has 5 nitrogen and oxygen atoms in total. The van der Waals surface area contributed by atoms with Crippen LogP contribution in [-0.2, 0) is 0 Å². The predicted octanol–water partition coefficient (Wildman–Crippen LogP) is 3.71. The molecule has 0 radical (unpaired) electrons. The molecule has 26 heavy (non-hydrogen) atoms. The zero-order valence-corrected chi connectivity index (χ0v) is 15.8. The van der Waals surface area contributed by atoms with Crippen molar-refractivity contribution in [2.75, 3.05) is 45.3 Å². The molecule has 2 aromatic carbocycles. The third-order valence-corrected chi connectivity index (χ3v) is 4.83. The molecule has 1 fully saturated rings. The predicted molar refractivity (Wildman–Crippen MR) is 104 cm³/mol. The van der Waals surface area contributed by atoms with E-state index in [2.05, 4.69) is 11.0 Å². The lowest BCUT2D eigenvalue weighted by Gasteiger charge is -2.24. The highest BCUT2D eigenvalue weighted by Gasteiger charge is 2.23. The van der Waals surface area contributed by atoms with Crippen LogP contribution in [0.4, 0.5) is 5.69 Å². The smallest absolute Gasteiger partial charge is 0.257 e. The number of nitrogens with zero attached hydrogens (tertiary/aromatic N) is 2. The van der Waals surface area contributed by atoms with Gasteiger partial charge in [-0.25, -0.2) is 0 Å². The Balaban J connectivity index is 1.74. The van der Waals surface area contributed by atoms with Gasteiger partial charge in [-0.3, -0.25) is 4.79 Å². The number of carbonyl (C=O) groups excluding carboxylic acids is 1. The summed E-state index contributed by atoms with van der Waals surface area (Å²) < 4.78 is 10.6. The van der Waals surface area contributed by atoms with E-state index >= 15 is 0 Å². The maximum absolute atomic E-state index is 13.0. The average molecular weight is 375 g/mol. The quantitative estimate of drug-likeness (QED) is 0.818. The highest BCUT2D eigenvalue weighted by atomic mass is 35.5. The number of amides is 1. The van der Waals surface area contributed by atoms with E-state index in [1.807, 2.05) is 23.1 Å². The van der Waals surface area contributed by atoms with Gasteiger partial charge in [-0.15, -0.1) is 0 Å². The van der Waals surface area contributed by atoms with Crippen LogP contribution < -0.4 is 14.4 Å². The second-order valence-corrected chi connectivity index (χ2v) is 6.62. The van der Waals surface area contributed by atoms with E-state index in [1.165, 1.54) is 0 Å². The molecular formula is C20H23ClN2O3. The summed E-state index contributed by atoms with van der Waals surface area (Å²) in [6, 6.07) is 13.1. The largest absolute Gasteiger partial charge is 0.497 e. The summed E-state index contributed by atoms with van der Waals surface area (Å²) >= 11 is 6.07. The Labute approximate surface area is 159 Å². The molecule has 0 unspecified atom stereocenters. The molecule has 0 spiro atoms. The maximum atomic E-state index is 13.0. The van der Waals surface area contributed by atoms with Crippen molar-refractivity contribution in [2.45, 2.75) is 6.42 Å². The number of benzene rings is 2. The lowest BCUT2D eigenvalue weighted by Crippen LogP contribution is -2.35. The molecule has 1 saturated heterocycles. The number of anilines is 1. The molecule has 0 atom stereocenters. The number of ether oxygens (including phenoxy) is 2. The average Bonchev–Trinajstić information content (AvgIpc) is 2.93. The van der Waals surface area contributed by atoms with Crippen LogP contribution in [0.25, 0.3) is 0 Å². The second-order valence-electron chi connectivity index (χ2n) is 6.18. The van der Waals surface area contributed by atoms with Crippen molar-refractivity contribution < 1.29 is 14.3 Å². The molecule has 1 heterocycles. The van der Waals surface area contributed by atoms with Gasteiger partial charge in [0.25, 0.3) is 5.91 Å². The first-order chi connectivity index (χ1) is 12.6. The lowest BCUT2D eigenvalue weighted by atomic mass is 10.1. The Kier molecular flexibility index (Phi) is 5.89. The van der Waals surface area contributed by atoms with E-state index in [1.54, 1.807) is 32.4 Å². The number of hydrogen-bond donors (Lipinski definition) is 0. The molecule has 0 bridgehead atoms. The van der Waals surface area contributed by atoms with Gasteiger partial charge in [-0.2, -0.15) is 0 Å². The van der Waals surface area contributed by atoms with Crippen LogP contribution in [0.3, 0.4) is 0 Å². The van der Waals surface area contributed by atoms with Crippen molar-refractivity contribution >= 4 is 23.2 Å². The Morgan fingerprint density at radius 1 is 1.00 bits per heavy atom. The summed E-state index contributed by atoms with van der Waals surface area (Å²) in [5, 5.41) is 0.530. The molecule has 1 amide bonds. The minimum absolute atomic E-state index is 0.0446. The van der Waals surface area contributed by atoms with E-state index in [-0.39, 0.29) is 5.91 Å². The molecule has 1 aliphatic rings. The van der Waals surface area contributed by atoms with Crippen molar-refractivity contribution in [1.29, 1.82) is 0 Å². The first-order valence-electron chi connectivity index (χ1n) is 8.64. The van der Waals surface area contributed by atoms with Crippen LogP contribution in [0.15, 0.2) is 42.5 Å². The van der Waals surface area contributed by atoms with E-state index < -0.39 is 0 Å². The fourth-order valence-corrected chi connectivity index (χ4v) is 3.38. The number of methoxy groups -OCH3 is 2. The van der Waals surface area contributed by atoms with Crippen molar-refractivity contribution in [3.63, 3.8) is 0 Å². The zero-order valence-electron chi connectivity index (χ0n) is 15.1. The van der Waals surface area contributed by atoms with Crippen molar-refractivity contribution in [1.82, 2.24) is 4.90 Å². The number of halogens is 1. The molecule has 0 aromatic heterocycles. The summed E-state index contributed by atoms with van der Waals surface area (Å²) in [4.78, 5) is 17.1. The summed E-state index contributed by atoms with van der Waals surface area (Å²) in [7, 11) is 3.23. The molecule has 3 rings (SSSR count). The fourth-order valence-electron chi connectivity index (χ4n) is 3.20. The molecule has 0 saturated carbocycles. The molecular weight excluding hydrogens is 352 g/mol. The minimum atomic E-state index is -0.0446. The SMILES string of the molecule is COc1cccc(N2CCCN(C(=O)c3cc(Cl)ccc3OC)CC2)c1. The van der Waals surface area contributed by atoms with Crippen LogP contribution in [0.5, 0.6) is 11.5 Å². The highest BCUT2D eigenvalue weighted by molar-refractivity contribution is 6.31. The third kappa shape index (κ3) is 4.05. The Morgan fingerprint density at radius 3 is 2.62 bits per heavy atom. The third-order valence-electron chi connectivity index (χ3n) is 4.59. The Morgan fingerprint density at radius 2 is 1.85 bits per heavy atom. The lowest BCUT2D eigenvalue weighted by molar-refractivity contribution is 0.0763. The molecule has 6 heteroatoms. The van der Waals surface area contributed by atoms with E-state index in [0.717, 1.165) is 30.9 Å². The standard InChI is InChI=1S/C20H23ClN2O3/c1-25-17-6-3-5-16(14-17)22-9-4-10-23(12-11-22)20(24)18-13-15(21)7-8-19(18)26-2/h3,5-8,13-14H,4,9-12H2,1-2H3. The van der Waals surface area contributed by atoms with Crippen LogP contribution in [0.1, 0.15) is 16.8 Å². The number of rotatable bonds is 4. The number of hydrogen-bond acceptors (Lipinski definition) is 4. The highest BCUT2D eigenvalue weighted by Crippen LogP contribution is 2.26. The van der Waals surface area contributed by atoms with Gasteiger partial charge in [-0.1, -0.05) is 17.7 Å². The summed E-state index contributed by atoms with van der Waals surface area (Å²) in [6.07, 6.45) is 0.895. The first kappa shape index (κ1) is 18.4. The van der Waals surface area contributed by atoms with Gasteiger partial charge in [-0.05, 0) is 36.8 Å². The second kappa shape index (κ2) is 8.32. The van der Waals surface area contributed by atoms with Crippen molar-refractivity contribution in [2.24, 2.45) is 0 Å². The summed E-state index contributed by atoms with van der Waals surface area (Å²) in [5.41, 5.74) is 1.62. The van der Waals surface area contributed by atoms with Gasteiger partial charge in [0.15, 0.2) is 0 Å². The topological polar surface area (TPSA) is 42.0 Å². The van der Waals surface area contributed by atoms with Crippen molar-refractivity contribution in [3.05, 3.63) is 53.1 Å². The van der Waals surface area contributed by atoms with Gasteiger partial charge in [0, 0.05) is 43.0 Å². The van der Waals surface area contributed by atoms with E-state index in [4.69, 9.17) is 21.1 Å². The summed E-state index contributed by atoms with van der Waals surface area (Å²) in [5.74, 6) is 1.34. The molecule has 1 aliphatic heterocycles. The van der Waals surface area contributed by atoms with Gasteiger partial charge in [0.1, 0.15) is 11.5 Å². The minimum Gasteiger partial charge on any atom is -0.497 e. The fraction of sp³-hybridized carbons (Fsp3) is 0.350. The van der Waals surface area contributed by atoms with E-state index in [9.17, 15) is 4.79 Å². The molecule has 0 N–H and O–H groups in total. The van der Waals surface area contributed by atoms with Crippen LogP contribution in [-0.4, -0.2) is 51.2 Å². The zero-order chi connectivity index (χ0) is 18.5. The van der Waals surface area contributed by atoms with Gasteiger partial charge >= 0.3 is 0 Å². The maximum Gasteiger partial charge on any atom is 0.257 e. The Bertz CT molecular complexity index is 781. The summed E-state index contributed by atoms with van der Waals surface area (Å²) in [6.45, 7) is 3.01. The molecule has 2 aromatic rings. The van der Waals surface area contributed by atoms with Gasteiger partial charge < -0.3 is 19.3 Å². The molecule has 138 valence electrons. The van der Waals surface area contributed by atoms with Crippen LogP contribution in [0.2, 0.25) is 5.02 Å². The van der Waals surface area contributed by atoms with Crippen LogP contribution >= 0.6 is 11.6 Å².